The molecule has 1 amide bonds. The fourth-order valence-corrected chi connectivity index (χ4v) is 4.46. The third-order valence-electron chi connectivity index (χ3n) is 3.67. The number of rotatable bonds is 7. The molecule has 1 heterocycles. The molecule has 0 atom stereocenters. The number of benzene rings is 1. The number of carbonyl (C=O) groups is 1. The highest BCUT2D eigenvalue weighted by Gasteiger charge is 2.17. The standard InChI is InChI=1S/C17H23N3O3S2/c1-5-10-25(22,23)20-14-9-7-8-13(11(14)3)19-17(21)16-12(4)18-15(6-2)24-16/h7-9,20H,5-6,10H2,1-4H3,(H,19,21). The predicted molar refractivity (Wildman–Crippen MR) is 103 cm³/mol. The molecule has 2 N–H and O–H groups in total. The minimum Gasteiger partial charge on any atom is -0.321 e. The smallest absolute Gasteiger partial charge is 0.267 e. The number of anilines is 2. The predicted octanol–water partition coefficient (Wildman–Crippen LogP) is 3.73. The third kappa shape index (κ3) is 4.79. The van der Waals surface area contributed by atoms with Gasteiger partial charge in [-0.05, 0) is 44.4 Å². The maximum absolute atomic E-state index is 12.5. The molecule has 1 aromatic carbocycles. The molecule has 25 heavy (non-hydrogen) atoms. The van der Waals surface area contributed by atoms with E-state index in [-0.39, 0.29) is 11.7 Å². The first-order chi connectivity index (χ1) is 11.8. The van der Waals surface area contributed by atoms with E-state index in [0.29, 0.717) is 33.9 Å². The molecule has 136 valence electrons. The van der Waals surface area contributed by atoms with Crippen molar-refractivity contribution in [2.45, 2.75) is 40.5 Å². The second-order valence-corrected chi connectivity index (χ2v) is 8.65. The SMILES string of the molecule is CCCS(=O)(=O)Nc1cccc(NC(=O)c2sc(CC)nc2C)c1C. The molecule has 1 aromatic heterocycles. The Morgan fingerprint density at radius 2 is 1.88 bits per heavy atom. The molecule has 0 radical (unpaired) electrons. The molecule has 0 bridgehead atoms. The first-order valence-corrected chi connectivity index (χ1v) is 10.6. The van der Waals surface area contributed by atoms with Crippen LogP contribution in [0.2, 0.25) is 0 Å². The second-order valence-electron chi connectivity index (χ2n) is 5.73. The number of aromatic nitrogens is 1. The first kappa shape index (κ1) is 19.4. The van der Waals surface area contributed by atoms with Crippen LogP contribution in [0, 0.1) is 13.8 Å². The van der Waals surface area contributed by atoms with Gasteiger partial charge in [0.15, 0.2) is 0 Å². The lowest BCUT2D eigenvalue weighted by Crippen LogP contribution is -2.18. The second kappa shape index (κ2) is 7.97. The van der Waals surface area contributed by atoms with Crippen LogP contribution < -0.4 is 10.0 Å². The number of nitrogens with zero attached hydrogens (tertiary/aromatic N) is 1. The Labute approximate surface area is 152 Å². The van der Waals surface area contributed by atoms with Crippen LogP contribution in [0.5, 0.6) is 0 Å². The normalized spacial score (nSPS) is 11.4. The van der Waals surface area contributed by atoms with E-state index in [4.69, 9.17) is 0 Å². The lowest BCUT2D eigenvalue weighted by Gasteiger charge is -2.14. The summed E-state index contributed by atoms with van der Waals surface area (Å²) < 4.78 is 26.5. The Balaban J connectivity index is 2.24. The zero-order valence-corrected chi connectivity index (χ0v) is 16.5. The molecule has 8 heteroatoms. The third-order valence-corrected chi connectivity index (χ3v) is 6.45. The fraction of sp³-hybridized carbons (Fsp3) is 0.412. The first-order valence-electron chi connectivity index (χ1n) is 8.15. The molecule has 6 nitrogen and oxygen atoms in total. The molecule has 2 aromatic rings. The van der Waals surface area contributed by atoms with Crippen LogP contribution in [-0.4, -0.2) is 25.1 Å². The summed E-state index contributed by atoms with van der Waals surface area (Å²) in [5.74, 6) is -0.172. The van der Waals surface area contributed by atoms with Crippen molar-refractivity contribution in [3.05, 3.63) is 39.3 Å². The van der Waals surface area contributed by atoms with Gasteiger partial charge in [0.05, 0.1) is 22.1 Å². The number of sulfonamides is 1. The van der Waals surface area contributed by atoms with Crippen molar-refractivity contribution < 1.29 is 13.2 Å². The van der Waals surface area contributed by atoms with Gasteiger partial charge in [-0.15, -0.1) is 11.3 Å². The highest BCUT2D eigenvalue weighted by atomic mass is 32.2. The van der Waals surface area contributed by atoms with Crippen molar-refractivity contribution in [1.82, 2.24) is 4.98 Å². The van der Waals surface area contributed by atoms with Gasteiger partial charge in [-0.1, -0.05) is 19.9 Å². The summed E-state index contributed by atoms with van der Waals surface area (Å²) in [5.41, 5.74) is 2.43. The van der Waals surface area contributed by atoms with Crippen molar-refractivity contribution in [2.24, 2.45) is 0 Å². The molecular weight excluding hydrogens is 358 g/mol. The van der Waals surface area contributed by atoms with E-state index in [1.54, 1.807) is 25.1 Å². The molecule has 0 fully saturated rings. The Morgan fingerprint density at radius 1 is 1.20 bits per heavy atom. The van der Waals surface area contributed by atoms with Crippen LogP contribution in [-0.2, 0) is 16.4 Å². The van der Waals surface area contributed by atoms with Crippen LogP contribution >= 0.6 is 11.3 Å². The molecule has 0 aliphatic rings. The molecule has 0 aliphatic heterocycles. The van der Waals surface area contributed by atoms with E-state index in [2.05, 4.69) is 15.0 Å². The van der Waals surface area contributed by atoms with Crippen LogP contribution in [0.15, 0.2) is 18.2 Å². The number of aryl methyl sites for hydroxylation is 2. The maximum Gasteiger partial charge on any atom is 0.267 e. The van der Waals surface area contributed by atoms with Crippen LogP contribution in [0.4, 0.5) is 11.4 Å². The number of carbonyl (C=O) groups excluding carboxylic acids is 1. The number of hydrogen-bond donors (Lipinski definition) is 2. The Kier molecular flexibility index (Phi) is 6.18. The van der Waals surface area contributed by atoms with E-state index >= 15 is 0 Å². The largest absolute Gasteiger partial charge is 0.321 e. The molecule has 0 saturated carbocycles. The highest BCUT2D eigenvalue weighted by molar-refractivity contribution is 7.92. The van der Waals surface area contributed by atoms with Gasteiger partial charge in [0.2, 0.25) is 10.0 Å². The van der Waals surface area contributed by atoms with E-state index in [1.165, 1.54) is 11.3 Å². The van der Waals surface area contributed by atoms with Gasteiger partial charge in [0, 0.05) is 5.69 Å². The summed E-state index contributed by atoms with van der Waals surface area (Å²) in [6.45, 7) is 7.39. The van der Waals surface area contributed by atoms with Gasteiger partial charge < -0.3 is 5.32 Å². The maximum atomic E-state index is 12.5. The Hall–Kier alpha value is -1.93. The summed E-state index contributed by atoms with van der Waals surface area (Å²) in [4.78, 5) is 17.5. The van der Waals surface area contributed by atoms with E-state index in [1.807, 2.05) is 20.8 Å². The number of amides is 1. The Bertz CT molecular complexity index is 873. The van der Waals surface area contributed by atoms with Crippen molar-refractivity contribution in [1.29, 1.82) is 0 Å². The summed E-state index contributed by atoms with van der Waals surface area (Å²) in [6, 6.07) is 5.15. The molecule has 2 rings (SSSR count). The summed E-state index contributed by atoms with van der Waals surface area (Å²) in [5, 5.41) is 3.78. The van der Waals surface area contributed by atoms with E-state index < -0.39 is 10.0 Å². The quantitative estimate of drug-likeness (QED) is 0.765. The molecular formula is C17H23N3O3S2. The number of thiazole rings is 1. The van der Waals surface area contributed by atoms with Gasteiger partial charge in [-0.25, -0.2) is 13.4 Å². The minimum absolute atomic E-state index is 0.0584. The van der Waals surface area contributed by atoms with Crippen molar-refractivity contribution >= 4 is 38.6 Å². The Morgan fingerprint density at radius 3 is 2.48 bits per heavy atom. The highest BCUT2D eigenvalue weighted by Crippen LogP contribution is 2.26. The monoisotopic (exact) mass is 381 g/mol. The minimum atomic E-state index is -3.38. The lowest BCUT2D eigenvalue weighted by molar-refractivity contribution is 0.102. The summed E-state index contributed by atoms with van der Waals surface area (Å²) >= 11 is 1.38. The lowest BCUT2D eigenvalue weighted by atomic mass is 10.1. The zero-order valence-electron chi connectivity index (χ0n) is 14.8. The average molecular weight is 382 g/mol. The molecule has 0 spiro atoms. The number of hydrogen-bond acceptors (Lipinski definition) is 5. The topological polar surface area (TPSA) is 88.2 Å². The number of nitrogens with one attached hydrogen (secondary N) is 2. The molecule has 0 unspecified atom stereocenters. The van der Waals surface area contributed by atoms with Gasteiger partial charge in [-0.3, -0.25) is 9.52 Å². The van der Waals surface area contributed by atoms with Gasteiger partial charge in [0.25, 0.3) is 5.91 Å². The van der Waals surface area contributed by atoms with Crippen LogP contribution in [0.1, 0.15) is 46.2 Å². The van der Waals surface area contributed by atoms with Gasteiger partial charge in [0.1, 0.15) is 4.88 Å². The summed E-state index contributed by atoms with van der Waals surface area (Å²) in [7, 11) is -3.38. The zero-order chi connectivity index (χ0) is 18.6. The van der Waals surface area contributed by atoms with Crippen LogP contribution in [0.3, 0.4) is 0 Å². The van der Waals surface area contributed by atoms with Crippen molar-refractivity contribution in [3.8, 4) is 0 Å². The fourth-order valence-electron chi connectivity index (χ4n) is 2.36. The van der Waals surface area contributed by atoms with Crippen LogP contribution in [0.25, 0.3) is 0 Å². The van der Waals surface area contributed by atoms with Crippen molar-refractivity contribution in [3.63, 3.8) is 0 Å². The van der Waals surface area contributed by atoms with E-state index in [0.717, 1.165) is 11.4 Å². The van der Waals surface area contributed by atoms with Gasteiger partial charge in [-0.2, -0.15) is 0 Å². The average Bonchev–Trinajstić information content (AvgIpc) is 2.92. The van der Waals surface area contributed by atoms with Gasteiger partial charge >= 0.3 is 0 Å². The summed E-state index contributed by atoms with van der Waals surface area (Å²) in [6.07, 6.45) is 1.32. The van der Waals surface area contributed by atoms with E-state index in [9.17, 15) is 13.2 Å². The molecule has 0 aliphatic carbocycles. The molecule has 0 saturated heterocycles. The van der Waals surface area contributed by atoms with Crippen molar-refractivity contribution in [2.75, 3.05) is 15.8 Å².